The summed E-state index contributed by atoms with van der Waals surface area (Å²) in [4.78, 5) is 12.1. The molecule has 1 aromatic carbocycles. The first-order valence-electron chi connectivity index (χ1n) is 6.13. The molecule has 0 saturated heterocycles. The van der Waals surface area contributed by atoms with Gasteiger partial charge in [0.2, 0.25) is 5.91 Å². The SMILES string of the molecule is Cc1ccc(C=CC(=O)Nc2ccc(SC(F)F)cc2)o1. The van der Waals surface area contributed by atoms with Gasteiger partial charge in [-0.2, -0.15) is 8.78 Å². The second kappa shape index (κ2) is 7.08. The molecule has 2 aromatic rings. The second-order valence-electron chi connectivity index (χ2n) is 4.17. The van der Waals surface area contributed by atoms with Crippen LogP contribution >= 0.6 is 11.8 Å². The molecule has 2 rings (SSSR count). The normalized spacial score (nSPS) is 11.2. The number of rotatable bonds is 5. The minimum atomic E-state index is -2.45. The van der Waals surface area contributed by atoms with Crippen molar-refractivity contribution in [2.24, 2.45) is 0 Å². The molecular weight excluding hydrogens is 296 g/mol. The smallest absolute Gasteiger partial charge is 0.288 e. The predicted molar refractivity (Wildman–Crippen MR) is 79.4 cm³/mol. The van der Waals surface area contributed by atoms with Crippen molar-refractivity contribution in [3.05, 3.63) is 54.0 Å². The molecular formula is C15H13F2NO2S. The molecule has 0 aliphatic heterocycles. The molecule has 110 valence electrons. The molecule has 0 bridgehead atoms. The lowest BCUT2D eigenvalue weighted by molar-refractivity contribution is -0.111. The molecule has 21 heavy (non-hydrogen) atoms. The number of hydrogen-bond acceptors (Lipinski definition) is 3. The molecule has 6 heteroatoms. The standard InChI is InChI=1S/C15H13F2NO2S/c1-10-2-5-12(20-10)6-9-14(19)18-11-3-7-13(8-4-11)21-15(16)17/h2-9,15H,1H3,(H,18,19). The van der Waals surface area contributed by atoms with Crippen LogP contribution in [0.3, 0.4) is 0 Å². The third kappa shape index (κ3) is 5.07. The van der Waals surface area contributed by atoms with Crippen LogP contribution in [0.15, 0.2) is 51.8 Å². The Hall–Kier alpha value is -2.08. The van der Waals surface area contributed by atoms with Gasteiger partial charge in [-0.25, -0.2) is 0 Å². The van der Waals surface area contributed by atoms with Gasteiger partial charge in [-0.05, 0) is 49.4 Å². The molecule has 0 saturated carbocycles. The molecule has 0 fully saturated rings. The van der Waals surface area contributed by atoms with E-state index in [1.807, 2.05) is 6.92 Å². The molecule has 0 atom stereocenters. The third-order valence-corrected chi connectivity index (χ3v) is 3.23. The van der Waals surface area contributed by atoms with E-state index in [4.69, 9.17) is 4.42 Å². The van der Waals surface area contributed by atoms with Crippen LogP contribution in [0.25, 0.3) is 6.08 Å². The number of anilines is 1. The zero-order valence-corrected chi connectivity index (χ0v) is 12.0. The first-order valence-corrected chi connectivity index (χ1v) is 7.01. The van der Waals surface area contributed by atoms with E-state index in [0.29, 0.717) is 28.1 Å². The Morgan fingerprint density at radius 2 is 1.95 bits per heavy atom. The van der Waals surface area contributed by atoms with Crippen LogP contribution in [0.4, 0.5) is 14.5 Å². The Kier molecular flexibility index (Phi) is 5.16. The second-order valence-corrected chi connectivity index (χ2v) is 5.24. The molecule has 1 N–H and O–H groups in total. The van der Waals surface area contributed by atoms with Gasteiger partial charge in [-0.3, -0.25) is 4.79 Å². The Labute approximate surface area is 125 Å². The van der Waals surface area contributed by atoms with Gasteiger partial charge in [0.1, 0.15) is 11.5 Å². The first kappa shape index (κ1) is 15.3. The number of hydrogen-bond donors (Lipinski definition) is 1. The minimum absolute atomic E-state index is 0.321. The number of amides is 1. The number of halogens is 2. The summed E-state index contributed by atoms with van der Waals surface area (Å²) in [5.41, 5.74) is 0.541. The number of nitrogens with one attached hydrogen (secondary N) is 1. The van der Waals surface area contributed by atoms with E-state index >= 15 is 0 Å². The summed E-state index contributed by atoms with van der Waals surface area (Å²) >= 11 is 0.463. The van der Waals surface area contributed by atoms with E-state index in [2.05, 4.69) is 5.32 Å². The molecule has 1 heterocycles. The topological polar surface area (TPSA) is 42.2 Å². The van der Waals surface area contributed by atoms with Crippen molar-refractivity contribution in [1.82, 2.24) is 0 Å². The number of carbonyl (C=O) groups is 1. The molecule has 1 amide bonds. The average molecular weight is 309 g/mol. The van der Waals surface area contributed by atoms with Gasteiger partial charge >= 0.3 is 0 Å². The molecule has 0 spiro atoms. The van der Waals surface area contributed by atoms with E-state index in [-0.39, 0.29) is 5.91 Å². The van der Waals surface area contributed by atoms with Crippen LogP contribution in [-0.4, -0.2) is 11.7 Å². The van der Waals surface area contributed by atoms with E-state index in [1.54, 1.807) is 30.3 Å². The quantitative estimate of drug-likeness (QED) is 0.650. The maximum Gasteiger partial charge on any atom is 0.288 e. The zero-order valence-electron chi connectivity index (χ0n) is 11.2. The van der Waals surface area contributed by atoms with Crippen LogP contribution in [0, 0.1) is 6.92 Å². The van der Waals surface area contributed by atoms with Gasteiger partial charge in [0, 0.05) is 16.7 Å². The van der Waals surface area contributed by atoms with Crippen molar-refractivity contribution < 1.29 is 18.0 Å². The lowest BCUT2D eigenvalue weighted by Crippen LogP contribution is -2.07. The Balaban J connectivity index is 1.91. The van der Waals surface area contributed by atoms with Crippen LogP contribution in [0.1, 0.15) is 11.5 Å². The number of aryl methyl sites for hydroxylation is 1. The summed E-state index contributed by atoms with van der Waals surface area (Å²) in [7, 11) is 0. The summed E-state index contributed by atoms with van der Waals surface area (Å²) in [6, 6.07) is 9.78. The van der Waals surface area contributed by atoms with Crippen LogP contribution < -0.4 is 5.32 Å². The van der Waals surface area contributed by atoms with Crippen LogP contribution in [-0.2, 0) is 4.79 Å². The van der Waals surface area contributed by atoms with Crippen molar-refractivity contribution >= 4 is 29.4 Å². The fraction of sp³-hybridized carbons (Fsp3) is 0.133. The highest BCUT2D eigenvalue weighted by Crippen LogP contribution is 2.26. The summed E-state index contributed by atoms with van der Waals surface area (Å²) < 4.78 is 29.6. The van der Waals surface area contributed by atoms with E-state index in [0.717, 1.165) is 5.76 Å². The molecule has 3 nitrogen and oxygen atoms in total. The molecule has 0 aliphatic rings. The van der Waals surface area contributed by atoms with Crippen molar-refractivity contribution in [3.63, 3.8) is 0 Å². The van der Waals surface area contributed by atoms with Gasteiger partial charge in [0.25, 0.3) is 5.76 Å². The molecule has 0 aliphatic carbocycles. The van der Waals surface area contributed by atoms with Crippen molar-refractivity contribution in [2.75, 3.05) is 5.32 Å². The fourth-order valence-electron chi connectivity index (χ4n) is 1.60. The van der Waals surface area contributed by atoms with Crippen LogP contribution in [0.2, 0.25) is 0 Å². The maximum absolute atomic E-state index is 12.2. The summed E-state index contributed by atoms with van der Waals surface area (Å²) in [5.74, 6) is -1.42. The number of benzene rings is 1. The van der Waals surface area contributed by atoms with Crippen molar-refractivity contribution in [1.29, 1.82) is 0 Å². The number of furan rings is 1. The summed E-state index contributed by atoms with van der Waals surface area (Å²) in [6.07, 6.45) is 2.91. The minimum Gasteiger partial charge on any atom is -0.462 e. The van der Waals surface area contributed by atoms with Gasteiger partial charge in [0.05, 0.1) is 0 Å². The first-order chi connectivity index (χ1) is 10.0. The van der Waals surface area contributed by atoms with Crippen molar-refractivity contribution in [2.45, 2.75) is 17.6 Å². The maximum atomic E-state index is 12.2. The monoisotopic (exact) mass is 309 g/mol. The van der Waals surface area contributed by atoms with Gasteiger partial charge in [-0.1, -0.05) is 11.8 Å². The van der Waals surface area contributed by atoms with E-state index in [9.17, 15) is 13.6 Å². The summed E-state index contributed by atoms with van der Waals surface area (Å²) in [5, 5.41) is 2.64. The van der Waals surface area contributed by atoms with Gasteiger partial charge in [-0.15, -0.1) is 0 Å². The van der Waals surface area contributed by atoms with E-state index < -0.39 is 5.76 Å². The number of thioether (sulfide) groups is 1. The molecule has 0 unspecified atom stereocenters. The summed E-state index contributed by atoms with van der Waals surface area (Å²) in [6.45, 7) is 1.82. The lowest BCUT2D eigenvalue weighted by Gasteiger charge is -2.04. The van der Waals surface area contributed by atoms with Crippen LogP contribution in [0.5, 0.6) is 0 Å². The highest BCUT2D eigenvalue weighted by atomic mass is 32.2. The number of carbonyl (C=O) groups excluding carboxylic acids is 1. The highest BCUT2D eigenvalue weighted by Gasteiger charge is 2.05. The number of alkyl halides is 2. The van der Waals surface area contributed by atoms with Gasteiger partial charge in [0.15, 0.2) is 0 Å². The lowest BCUT2D eigenvalue weighted by atomic mass is 10.3. The zero-order chi connectivity index (χ0) is 15.2. The fourth-order valence-corrected chi connectivity index (χ4v) is 2.10. The largest absolute Gasteiger partial charge is 0.462 e. The van der Waals surface area contributed by atoms with Crippen molar-refractivity contribution in [3.8, 4) is 0 Å². The van der Waals surface area contributed by atoms with Gasteiger partial charge < -0.3 is 9.73 Å². The third-order valence-electron chi connectivity index (χ3n) is 2.51. The Morgan fingerprint density at radius 3 is 2.52 bits per heavy atom. The Morgan fingerprint density at radius 1 is 1.24 bits per heavy atom. The predicted octanol–water partition coefficient (Wildman–Crippen LogP) is 4.55. The van der Waals surface area contributed by atoms with E-state index in [1.165, 1.54) is 18.2 Å². The molecule has 1 aromatic heterocycles. The average Bonchev–Trinajstić information content (AvgIpc) is 2.84. The highest BCUT2D eigenvalue weighted by molar-refractivity contribution is 7.99. The Bertz CT molecular complexity index is 635. The molecule has 0 radical (unpaired) electrons.